The van der Waals surface area contributed by atoms with Crippen LogP contribution < -0.4 is 11.2 Å². The van der Waals surface area contributed by atoms with Crippen LogP contribution in [0.25, 0.3) is 0 Å². The number of aromatic nitrogens is 2. The summed E-state index contributed by atoms with van der Waals surface area (Å²) in [6, 6.07) is 1.40. The monoisotopic (exact) mass is 308 g/mol. The van der Waals surface area contributed by atoms with Crippen molar-refractivity contribution in [2.45, 2.75) is 90.5 Å². The number of H-pyrrole nitrogens is 1. The summed E-state index contributed by atoms with van der Waals surface area (Å²) in [4.78, 5) is 24.7. The summed E-state index contributed by atoms with van der Waals surface area (Å²) in [5.74, 6) is 0. The Morgan fingerprint density at radius 2 is 1.32 bits per heavy atom. The molecular weight excluding hydrogens is 276 g/mol. The molecule has 0 aliphatic rings. The molecule has 1 heterocycles. The Morgan fingerprint density at radius 1 is 0.818 bits per heavy atom. The predicted molar refractivity (Wildman–Crippen MR) is 92.4 cm³/mol. The lowest BCUT2D eigenvalue weighted by molar-refractivity contribution is 0.521. The van der Waals surface area contributed by atoms with Crippen LogP contribution in [0.3, 0.4) is 0 Å². The first kappa shape index (κ1) is 18.7. The first-order valence-electron chi connectivity index (χ1n) is 9.04. The van der Waals surface area contributed by atoms with E-state index in [9.17, 15) is 9.59 Å². The number of nitrogens with one attached hydrogen (secondary N) is 1. The highest BCUT2D eigenvalue weighted by atomic mass is 16.2. The van der Waals surface area contributed by atoms with Crippen LogP contribution in [0.5, 0.6) is 0 Å². The van der Waals surface area contributed by atoms with E-state index in [1.165, 1.54) is 70.3 Å². The fourth-order valence-corrected chi connectivity index (χ4v) is 2.74. The molecule has 4 heteroatoms. The van der Waals surface area contributed by atoms with Crippen molar-refractivity contribution in [3.63, 3.8) is 0 Å². The molecule has 0 radical (unpaired) electrons. The average Bonchev–Trinajstić information content (AvgIpc) is 2.50. The molecule has 1 rings (SSSR count). The van der Waals surface area contributed by atoms with E-state index >= 15 is 0 Å². The zero-order valence-electron chi connectivity index (χ0n) is 14.1. The SMILES string of the molecule is CCCCCCCCCCCCCCn1ccc(=O)[nH]c1=O. The third kappa shape index (κ3) is 8.85. The van der Waals surface area contributed by atoms with Gasteiger partial charge in [0.1, 0.15) is 0 Å². The largest absolute Gasteiger partial charge is 0.328 e. The molecule has 1 N–H and O–H groups in total. The first-order chi connectivity index (χ1) is 10.7. The molecule has 1 aromatic heterocycles. The van der Waals surface area contributed by atoms with Crippen molar-refractivity contribution < 1.29 is 0 Å². The topological polar surface area (TPSA) is 54.9 Å². The second-order valence-corrected chi connectivity index (χ2v) is 6.19. The number of hydrogen-bond acceptors (Lipinski definition) is 2. The van der Waals surface area contributed by atoms with E-state index in [0.717, 1.165) is 12.8 Å². The van der Waals surface area contributed by atoms with Gasteiger partial charge >= 0.3 is 5.69 Å². The Balaban J connectivity index is 1.91. The Kier molecular flexibility index (Phi) is 10.4. The molecule has 0 aliphatic carbocycles. The number of hydrogen-bond donors (Lipinski definition) is 1. The minimum Gasteiger partial charge on any atom is -0.301 e. The molecule has 0 fully saturated rings. The van der Waals surface area contributed by atoms with Crippen LogP contribution in [0.15, 0.2) is 21.9 Å². The zero-order valence-corrected chi connectivity index (χ0v) is 14.1. The van der Waals surface area contributed by atoms with Crippen LogP contribution in [-0.4, -0.2) is 9.55 Å². The van der Waals surface area contributed by atoms with Crippen LogP contribution >= 0.6 is 0 Å². The minimum atomic E-state index is -0.323. The molecule has 0 amide bonds. The van der Waals surface area contributed by atoms with Crippen molar-refractivity contribution in [1.82, 2.24) is 9.55 Å². The van der Waals surface area contributed by atoms with Gasteiger partial charge in [0.15, 0.2) is 0 Å². The van der Waals surface area contributed by atoms with E-state index < -0.39 is 0 Å². The maximum absolute atomic E-state index is 11.5. The second-order valence-electron chi connectivity index (χ2n) is 6.19. The summed E-state index contributed by atoms with van der Waals surface area (Å²) in [6.07, 6.45) is 17.3. The maximum atomic E-state index is 11.5. The Bertz CT molecular complexity index is 490. The molecule has 4 nitrogen and oxygen atoms in total. The van der Waals surface area contributed by atoms with Crippen LogP contribution in [-0.2, 0) is 6.54 Å². The average molecular weight is 308 g/mol. The maximum Gasteiger partial charge on any atom is 0.328 e. The molecule has 126 valence electrons. The van der Waals surface area contributed by atoms with Gasteiger partial charge in [-0.15, -0.1) is 0 Å². The van der Waals surface area contributed by atoms with Crippen molar-refractivity contribution in [3.05, 3.63) is 33.1 Å². The van der Waals surface area contributed by atoms with Gasteiger partial charge in [0.05, 0.1) is 0 Å². The molecule has 0 unspecified atom stereocenters. The quantitative estimate of drug-likeness (QED) is 0.554. The van der Waals surface area contributed by atoms with Gasteiger partial charge in [-0.25, -0.2) is 4.79 Å². The van der Waals surface area contributed by atoms with Gasteiger partial charge in [0.2, 0.25) is 0 Å². The lowest BCUT2D eigenvalue weighted by atomic mass is 10.1. The molecule has 0 saturated carbocycles. The summed E-state index contributed by atoms with van der Waals surface area (Å²) < 4.78 is 1.58. The van der Waals surface area contributed by atoms with E-state index in [0.29, 0.717) is 6.54 Å². The Hall–Kier alpha value is -1.32. The van der Waals surface area contributed by atoms with Crippen molar-refractivity contribution in [3.8, 4) is 0 Å². The number of unbranched alkanes of at least 4 members (excludes halogenated alkanes) is 11. The lowest BCUT2D eigenvalue weighted by Crippen LogP contribution is -2.28. The van der Waals surface area contributed by atoms with Gasteiger partial charge in [0, 0.05) is 18.8 Å². The smallest absolute Gasteiger partial charge is 0.301 e. The number of nitrogens with zero attached hydrogens (tertiary/aromatic N) is 1. The van der Waals surface area contributed by atoms with Gasteiger partial charge in [-0.2, -0.15) is 0 Å². The normalized spacial score (nSPS) is 11.0. The van der Waals surface area contributed by atoms with Crippen LogP contribution in [0.2, 0.25) is 0 Å². The molecule has 0 saturated heterocycles. The number of rotatable bonds is 13. The van der Waals surface area contributed by atoms with E-state index in [-0.39, 0.29) is 11.2 Å². The van der Waals surface area contributed by atoms with Crippen molar-refractivity contribution in [2.24, 2.45) is 0 Å². The molecule has 0 aliphatic heterocycles. The summed E-state index contributed by atoms with van der Waals surface area (Å²) in [5, 5.41) is 0. The van der Waals surface area contributed by atoms with Crippen molar-refractivity contribution >= 4 is 0 Å². The van der Waals surface area contributed by atoms with E-state index in [1.54, 1.807) is 10.8 Å². The number of aryl methyl sites for hydroxylation is 1. The molecule has 0 bridgehead atoms. The Morgan fingerprint density at radius 3 is 1.82 bits per heavy atom. The fourth-order valence-electron chi connectivity index (χ4n) is 2.74. The highest BCUT2D eigenvalue weighted by Gasteiger charge is 1.97. The van der Waals surface area contributed by atoms with Crippen LogP contribution in [0.1, 0.15) is 84.0 Å². The molecule has 0 atom stereocenters. The van der Waals surface area contributed by atoms with Crippen LogP contribution in [0.4, 0.5) is 0 Å². The fraction of sp³-hybridized carbons (Fsp3) is 0.778. The standard InChI is InChI=1S/C18H32N2O2/c1-2-3-4-5-6-7-8-9-10-11-12-13-15-20-16-14-17(21)19-18(20)22/h14,16H,2-13,15H2,1H3,(H,19,21,22). The highest BCUT2D eigenvalue weighted by Crippen LogP contribution is 2.11. The van der Waals surface area contributed by atoms with Crippen LogP contribution in [0, 0.1) is 0 Å². The summed E-state index contributed by atoms with van der Waals surface area (Å²) in [5.41, 5.74) is -0.619. The van der Waals surface area contributed by atoms with Gasteiger partial charge in [-0.05, 0) is 6.42 Å². The Labute approximate surface area is 134 Å². The first-order valence-corrected chi connectivity index (χ1v) is 9.04. The van der Waals surface area contributed by atoms with Crippen molar-refractivity contribution in [2.75, 3.05) is 0 Å². The highest BCUT2D eigenvalue weighted by molar-refractivity contribution is 4.82. The van der Waals surface area contributed by atoms with E-state index in [2.05, 4.69) is 11.9 Å². The summed E-state index contributed by atoms with van der Waals surface area (Å²) >= 11 is 0. The van der Waals surface area contributed by atoms with Gasteiger partial charge in [0.25, 0.3) is 5.56 Å². The second kappa shape index (κ2) is 12.2. The van der Waals surface area contributed by atoms with E-state index in [4.69, 9.17) is 0 Å². The zero-order chi connectivity index (χ0) is 16.0. The third-order valence-corrected chi connectivity index (χ3v) is 4.15. The molecule has 0 spiro atoms. The summed E-state index contributed by atoms with van der Waals surface area (Å²) in [7, 11) is 0. The molecule has 0 aromatic carbocycles. The van der Waals surface area contributed by atoms with Gasteiger partial charge < -0.3 is 4.57 Å². The molecule has 22 heavy (non-hydrogen) atoms. The van der Waals surface area contributed by atoms with Crippen molar-refractivity contribution in [1.29, 1.82) is 0 Å². The molecule has 1 aromatic rings. The van der Waals surface area contributed by atoms with Gasteiger partial charge in [-0.1, -0.05) is 77.6 Å². The summed E-state index contributed by atoms with van der Waals surface area (Å²) in [6.45, 7) is 2.96. The number of aromatic amines is 1. The third-order valence-electron chi connectivity index (χ3n) is 4.15. The molecular formula is C18H32N2O2. The predicted octanol–water partition coefficient (Wildman–Crippen LogP) is 4.24. The lowest BCUT2D eigenvalue weighted by Gasteiger charge is -2.05. The van der Waals surface area contributed by atoms with E-state index in [1.807, 2.05) is 0 Å². The van der Waals surface area contributed by atoms with Gasteiger partial charge in [-0.3, -0.25) is 9.78 Å². The minimum absolute atomic E-state index is 0.296.